The third-order valence-electron chi connectivity index (χ3n) is 4.08. The maximum Gasteiger partial charge on any atom is 0.256 e. The van der Waals surface area contributed by atoms with Crippen LogP contribution in [-0.4, -0.2) is 25.2 Å². The van der Waals surface area contributed by atoms with Crippen LogP contribution in [0.3, 0.4) is 0 Å². The van der Waals surface area contributed by atoms with Crippen LogP contribution in [-0.2, 0) is 9.53 Å². The Kier molecular flexibility index (Phi) is 8.10. The number of unbranched alkanes of at least 4 members (excludes halogenated alkanes) is 2. The van der Waals surface area contributed by atoms with Crippen molar-refractivity contribution >= 4 is 11.6 Å². The van der Waals surface area contributed by atoms with Gasteiger partial charge in [-0.05, 0) is 50.5 Å². The van der Waals surface area contributed by atoms with E-state index in [2.05, 4.69) is 19.2 Å². The molecule has 1 atom stereocenters. The largest absolute Gasteiger partial charge is 0.493 e. The summed E-state index contributed by atoms with van der Waals surface area (Å²) in [6.07, 6.45) is 4.91. The molecule has 0 aliphatic heterocycles. The van der Waals surface area contributed by atoms with Crippen LogP contribution in [0.1, 0.15) is 58.4 Å². The summed E-state index contributed by atoms with van der Waals surface area (Å²) < 4.78 is 11.2. The van der Waals surface area contributed by atoms with Crippen LogP contribution < -0.4 is 10.1 Å². The smallest absolute Gasteiger partial charge is 0.256 e. The van der Waals surface area contributed by atoms with Gasteiger partial charge < -0.3 is 14.8 Å². The molecule has 4 nitrogen and oxygen atoms in total. The predicted octanol–water partition coefficient (Wildman–Crippen LogP) is 4.71. The lowest BCUT2D eigenvalue weighted by Gasteiger charge is -2.27. The molecule has 1 N–H and O–H groups in total. The van der Waals surface area contributed by atoms with Gasteiger partial charge in [0.15, 0.2) is 0 Å². The number of aryl methyl sites for hydroxylation is 1. The number of benzene rings is 1. The van der Waals surface area contributed by atoms with Gasteiger partial charge in [0.25, 0.3) is 5.91 Å². The quantitative estimate of drug-likeness (QED) is 0.635. The number of rotatable bonds is 10. The molecule has 1 aromatic carbocycles. The van der Waals surface area contributed by atoms with Crippen LogP contribution in [0.5, 0.6) is 5.75 Å². The molecule has 0 heterocycles. The number of amides is 1. The van der Waals surface area contributed by atoms with Crippen LogP contribution in [0, 0.1) is 6.92 Å². The lowest BCUT2D eigenvalue weighted by atomic mass is 9.97. The summed E-state index contributed by atoms with van der Waals surface area (Å²) in [5.41, 5.74) is 0.997. The number of hydrogen-bond acceptors (Lipinski definition) is 3. The van der Waals surface area contributed by atoms with E-state index in [-0.39, 0.29) is 5.91 Å². The molecule has 23 heavy (non-hydrogen) atoms. The number of carbonyl (C=O) groups is 1. The number of hydrogen-bond donors (Lipinski definition) is 1. The van der Waals surface area contributed by atoms with Crippen molar-refractivity contribution in [1.82, 2.24) is 0 Å². The highest BCUT2D eigenvalue weighted by Crippen LogP contribution is 2.25. The number of nitrogens with one attached hydrogen (secondary N) is 1. The Bertz CT molecular complexity index is 501. The molecule has 1 amide bonds. The van der Waals surface area contributed by atoms with Gasteiger partial charge in [-0.1, -0.05) is 33.1 Å². The Balaban J connectivity index is 2.73. The fraction of sp³-hybridized carbons (Fsp3) is 0.632. The average molecular weight is 321 g/mol. The minimum atomic E-state index is -0.791. The molecule has 0 spiro atoms. The monoisotopic (exact) mass is 321 g/mol. The van der Waals surface area contributed by atoms with Gasteiger partial charge in [-0.3, -0.25) is 4.79 Å². The fourth-order valence-corrected chi connectivity index (χ4v) is 2.39. The Labute approximate surface area is 140 Å². The lowest BCUT2D eigenvalue weighted by Crippen LogP contribution is -2.41. The van der Waals surface area contributed by atoms with Crippen molar-refractivity contribution in [1.29, 1.82) is 0 Å². The average Bonchev–Trinajstić information content (AvgIpc) is 2.54. The number of anilines is 1. The summed E-state index contributed by atoms with van der Waals surface area (Å²) in [5, 5.41) is 2.97. The predicted molar refractivity (Wildman–Crippen MR) is 95.2 cm³/mol. The Hall–Kier alpha value is -1.55. The van der Waals surface area contributed by atoms with Crippen LogP contribution in [0.2, 0.25) is 0 Å². The van der Waals surface area contributed by atoms with Crippen molar-refractivity contribution in [2.24, 2.45) is 0 Å². The molecule has 0 saturated heterocycles. The topological polar surface area (TPSA) is 47.6 Å². The molecule has 1 unspecified atom stereocenters. The number of carbonyl (C=O) groups excluding carboxylic acids is 1. The highest BCUT2D eigenvalue weighted by atomic mass is 16.5. The standard InChI is InChI=1S/C19H31NO3/c1-6-8-9-12-19(4,22-5)18(21)20-16-10-11-17(15(3)14-16)23-13-7-2/h10-11,14H,6-9,12-13H2,1-5H3,(H,20,21). The highest BCUT2D eigenvalue weighted by Gasteiger charge is 2.32. The Morgan fingerprint density at radius 2 is 1.96 bits per heavy atom. The van der Waals surface area contributed by atoms with E-state index in [0.717, 1.165) is 49.1 Å². The third kappa shape index (κ3) is 5.87. The normalized spacial score (nSPS) is 13.4. The van der Waals surface area contributed by atoms with Crippen molar-refractivity contribution in [2.45, 2.75) is 65.4 Å². The van der Waals surface area contributed by atoms with E-state index >= 15 is 0 Å². The maximum atomic E-state index is 12.6. The van der Waals surface area contributed by atoms with Crippen molar-refractivity contribution in [3.05, 3.63) is 23.8 Å². The van der Waals surface area contributed by atoms with Gasteiger partial charge in [-0.2, -0.15) is 0 Å². The van der Waals surface area contributed by atoms with Crippen molar-refractivity contribution in [3.8, 4) is 5.75 Å². The van der Waals surface area contributed by atoms with E-state index in [1.807, 2.05) is 32.0 Å². The SMILES string of the molecule is CCCCCC(C)(OC)C(=O)Nc1ccc(OCCC)c(C)c1. The first kappa shape index (κ1) is 19.5. The van der Waals surface area contributed by atoms with E-state index in [9.17, 15) is 4.79 Å². The summed E-state index contributed by atoms with van der Waals surface area (Å²) in [5.74, 6) is 0.764. The van der Waals surface area contributed by atoms with Crippen LogP contribution >= 0.6 is 0 Å². The molecule has 0 aliphatic rings. The van der Waals surface area contributed by atoms with Gasteiger partial charge in [0.1, 0.15) is 11.4 Å². The van der Waals surface area contributed by atoms with E-state index in [0.29, 0.717) is 6.61 Å². The van der Waals surface area contributed by atoms with Gasteiger partial charge in [0, 0.05) is 12.8 Å². The van der Waals surface area contributed by atoms with Crippen molar-refractivity contribution < 1.29 is 14.3 Å². The van der Waals surface area contributed by atoms with Gasteiger partial charge in [0.2, 0.25) is 0 Å². The molecule has 1 aromatic rings. The van der Waals surface area contributed by atoms with Gasteiger partial charge in [0.05, 0.1) is 6.61 Å². The highest BCUT2D eigenvalue weighted by molar-refractivity contribution is 5.97. The first-order valence-electron chi connectivity index (χ1n) is 8.57. The number of ether oxygens (including phenoxy) is 2. The van der Waals surface area contributed by atoms with Gasteiger partial charge in [-0.15, -0.1) is 0 Å². The molecule has 0 aromatic heterocycles. The Morgan fingerprint density at radius 3 is 2.52 bits per heavy atom. The minimum absolute atomic E-state index is 0.0993. The molecule has 0 fully saturated rings. The van der Waals surface area contributed by atoms with Gasteiger partial charge >= 0.3 is 0 Å². The summed E-state index contributed by atoms with van der Waals surface area (Å²) in [6.45, 7) is 8.76. The second-order valence-corrected chi connectivity index (χ2v) is 6.17. The molecule has 0 bridgehead atoms. The van der Waals surface area contributed by atoms with Crippen LogP contribution in [0.4, 0.5) is 5.69 Å². The van der Waals surface area contributed by atoms with Crippen molar-refractivity contribution in [3.63, 3.8) is 0 Å². The molecule has 130 valence electrons. The summed E-state index contributed by atoms with van der Waals surface area (Å²) in [4.78, 5) is 12.6. The summed E-state index contributed by atoms with van der Waals surface area (Å²) >= 11 is 0. The zero-order chi connectivity index (χ0) is 17.3. The van der Waals surface area contributed by atoms with Crippen LogP contribution in [0.25, 0.3) is 0 Å². The second-order valence-electron chi connectivity index (χ2n) is 6.17. The van der Waals surface area contributed by atoms with E-state index in [4.69, 9.17) is 9.47 Å². The molecule has 4 heteroatoms. The van der Waals surface area contributed by atoms with E-state index in [1.165, 1.54) is 0 Å². The first-order chi connectivity index (χ1) is 11.0. The molecular formula is C19H31NO3. The first-order valence-corrected chi connectivity index (χ1v) is 8.57. The molecule has 0 radical (unpaired) electrons. The molecular weight excluding hydrogens is 290 g/mol. The van der Waals surface area contributed by atoms with Crippen molar-refractivity contribution in [2.75, 3.05) is 19.0 Å². The maximum absolute atomic E-state index is 12.6. The van der Waals surface area contributed by atoms with E-state index < -0.39 is 5.60 Å². The summed E-state index contributed by atoms with van der Waals surface area (Å²) in [7, 11) is 1.60. The minimum Gasteiger partial charge on any atom is -0.493 e. The van der Waals surface area contributed by atoms with Gasteiger partial charge in [-0.25, -0.2) is 0 Å². The van der Waals surface area contributed by atoms with Crippen LogP contribution in [0.15, 0.2) is 18.2 Å². The Morgan fingerprint density at radius 1 is 1.22 bits per heavy atom. The molecule has 0 aliphatic carbocycles. The molecule has 1 rings (SSSR count). The molecule has 0 saturated carbocycles. The fourth-order valence-electron chi connectivity index (χ4n) is 2.39. The second kappa shape index (κ2) is 9.56. The zero-order valence-corrected chi connectivity index (χ0v) is 15.2. The van der Waals surface area contributed by atoms with E-state index in [1.54, 1.807) is 7.11 Å². The lowest BCUT2D eigenvalue weighted by molar-refractivity contribution is -0.136. The number of methoxy groups -OCH3 is 1. The zero-order valence-electron chi connectivity index (χ0n) is 15.2. The third-order valence-corrected chi connectivity index (χ3v) is 4.08. The summed E-state index contributed by atoms with van der Waals surface area (Å²) in [6, 6.07) is 5.71.